The van der Waals surface area contributed by atoms with Crippen molar-refractivity contribution >= 4 is 26.7 Å². The van der Waals surface area contributed by atoms with Crippen molar-refractivity contribution in [3.63, 3.8) is 0 Å². The number of benzene rings is 3. The SMILES string of the molecule is COc1cccc2c1C(C(=O)NS(=O)(=O)c1cccc3ccccc13)CO2. The quantitative estimate of drug-likeness (QED) is 0.749. The Balaban J connectivity index is 1.68. The molecule has 138 valence electrons. The molecule has 0 aromatic heterocycles. The Morgan fingerprint density at radius 2 is 1.81 bits per heavy atom. The van der Waals surface area contributed by atoms with Crippen molar-refractivity contribution in [2.45, 2.75) is 10.8 Å². The van der Waals surface area contributed by atoms with E-state index in [1.54, 1.807) is 36.4 Å². The summed E-state index contributed by atoms with van der Waals surface area (Å²) in [6.45, 7) is 0.0621. The van der Waals surface area contributed by atoms with Crippen LogP contribution in [0.4, 0.5) is 0 Å². The van der Waals surface area contributed by atoms with E-state index in [0.29, 0.717) is 22.4 Å². The Kier molecular flexibility index (Phi) is 4.24. The fourth-order valence-electron chi connectivity index (χ4n) is 3.32. The van der Waals surface area contributed by atoms with Gasteiger partial charge in [0.25, 0.3) is 10.0 Å². The molecular formula is C20H17NO5S. The predicted octanol–water partition coefficient (Wildman–Crippen LogP) is 2.83. The van der Waals surface area contributed by atoms with Gasteiger partial charge >= 0.3 is 0 Å². The molecule has 27 heavy (non-hydrogen) atoms. The number of carbonyl (C=O) groups excluding carboxylic acids is 1. The third-order valence-electron chi connectivity index (χ3n) is 4.59. The van der Waals surface area contributed by atoms with Gasteiger partial charge in [-0.05, 0) is 23.6 Å². The third kappa shape index (κ3) is 3.00. The van der Waals surface area contributed by atoms with Crippen LogP contribution in [0.3, 0.4) is 0 Å². The zero-order chi connectivity index (χ0) is 19.0. The fraction of sp³-hybridized carbons (Fsp3) is 0.150. The Labute approximate surface area is 156 Å². The van der Waals surface area contributed by atoms with Gasteiger partial charge in [-0.1, -0.05) is 42.5 Å². The summed E-state index contributed by atoms with van der Waals surface area (Å²) >= 11 is 0. The van der Waals surface area contributed by atoms with E-state index in [-0.39, 0.29) is 11.5 Å². The summed E-state index contributed by atoms with van der Waals surface area (Å²) in [5.74, 6) is -0.392. The number of fused-ring (bicyclic) bond motifs is 2. The van der Waals surface area contributed by atoms with Crippen LogP contribution in [0.15, 0.2) is 65.6 Å². The molecule has 0 radical (unpaired) electrons. The van der Waals surface area contributed by atoms with Gasteiger partial charge in [0.2, 0.25) is 5.91 Å². The van der Waals surface area contributed by atoms with Gasteiger partial charge in [0, 0.05) is 5.39 Å². The maximum atomic E-state index is 12.9. The van der Waals surface area contributed by atoms with Crippen molar-refractivity contribution < 1.29 is 22.7 Å². The summed E-state index contributed by atoms with van der Waals surface area (Å²) in [6.07, 6.45) is 0. The van der Waals surface area contributed by atoms with Gasteiger partial charge in [-0.2, -0.15) is 0 Å². The molecule has 4 rings (SSSR count). The number of hydrogen-bond donors (Lipinski definition) is 1. The first-order valence-electron chi connectivity index (χ1n) is 8.35. The van der Waals surface area contributed by atoms with E-state index >= 15 is 0 Å². The normalized spacial score (nSPS) is 15.8. The zero-order valence-electron chi connectivity index (χ0n) is 14.5. The largest absolute Gasteiger partial charge is 0.496 e. The average Bonchev–Trinajstić information content (AvgIpc) is 3.11. The van der Waals surface area contributed by atoms with E-state index in [1.165, 1.54) is 13.2 Å². The molecule has 1 aliphatic rings. The molecule has 0 saturated carbocycles. The highest BCUT2D eigenvalue weighted by Gasteiger charge is 2.35. The van der Waals surface area contributed by atoms with Gasteiger partial charge in [-0.15, -0.1) is 0 Å². The molecule has 0 fully saturated rings. The van der Waals surface area contributed by atoms with Gasteiger partial charge in [0.05, 0.1) is 17.6 Å². The van der Waals surface area contributed by atoms with Gasteiger partial charge in [0.15, 0.2) is 0 Å². The van der Waals surface area contributed by atoms with Crippen LogP contribution in [0.25, 0.3) is 10.8 Å². The maximum Gasteiger partial charge on any atom is 0.264 e. The Bertz CT molecular complexity index is 1130. The van der Waals surface area contributed by atoms with Gasteiger partial charge in [-0.3, -0.25) is 4.79 Å². The number of sulfonamides is 1. The molecule has 3 aromatic rings. The topological polar surface area (TPSA) is 81.7 Å². The fourth-order valence-corrected chi connectivity index (χ4v) is 4.57. The molecule has 1 N–H and O–H groups in total. The molecule has 3 aromatic carbocycles. The van der Waals surface area contributed by atoms with E-state index in [4.69, 9.17) is 9.47 Å². The van der Waals surface area contributed by atoms with Crippen molar-refractivity contribution in [1.29, 1.82) is 0 Å². The third-order valence-corrected chi connectivity index (χ3v) is 6.00. The molecule has 1 amide bonds. The van der Waals surface area contributed by atoms with Crippen LogP contribution in [-0.2, 0) is 14.8 Å². The second-order valence-corrected chi connectivity index (χ2v) is 7.83. The van der Waals surface area contributed by atoms with Crippen molar-refractivity contribution in [3.8, 4) is 11.5 Å². The van der Waals surface area contributed by atoms with Crippen LogP contribution in [-0.4, -0.2) is 28.0 Å². The number of hydrogen-bond acceptors (Lipinski definition) is 5. The molecular weight excluding hydrogens is 366 g/mol. The highest BCUT2D eigenvalue weighted by atomic mass is 32.2. The van der Waals surface area contributed by atoms with E-state index in [0.717, 1.165) is 5.39 Å². The molecule has 0 bridgehead atoms. The lowest BCUT2D eigenvalue weighted by atomic mass is 10.00. The summed E-state index contributed by atoms with van der Waals surface area (Å²) in [6, 6.07) is 17.3. The molecule has 0 saturated heterocycles. The Morgan fingerprint density at radius 3 is 2.63 bits per heavy atom. The van der Waals surface area contributed by atoms with E-state index < -0.39 is 21.8 Å². The lowest BCUT2D eigenvalue weighted by Gasteiger charge is -2.14. The van der Waals surface area contributed by atoms with Crippen LogP contribution in [0.1, 0.15) is 11.5 Å². The molecule has 1 unspecified atom stereocenters. The number of ether oxygens (including phenoxy) is 2. The molecule has 1 heterocycles. The van der Waals surface area contributed by atoms with Crippen LogP contribution in [0.2, 0.25) is 0 Å². The molecule has 7 heteroatoms. The first-order valence-corrected chi connectivity index (χ1v) is 9.84. The second kappa shape index (κ2) is 6.59. The van der Waals surface area contributed by atoms with E-state index in [9.17, 15) is 13.2 Å². The lowest BCUT2D eigenvalue weighted by molar-refractivity contribution is -0.121. The van der Waals surface area contributed by atoms with Crippen LogP contribution in [0.5, 0.6) is 11.5 Å². The highest BCUT2D eigenvalue weighted by molar-refractivity contribution is 7.90. The lowest BCUT2D eigenvalue weighted by Crippen LogP contribution is -2.35. The van der Waals surface area contributed by atoms with Crippen molar-refractivity contribution in [1.82, 2.24) is 4.72 Å². The summed E-state index contributed by atoms with van der Waals surface area (Å²) in [5.41, 5.74) is 0.561. The number of amides is 1. The Morgan fingerprint density at radius 1 is 1.07 bits per heavy atom. The van der Waals surface area contributed by atoms with Crippen molar-refractivity contribution in [3.05, 3.63) is 66.2 Å². The van der Waals surface area contributed by atoms with Gasteiger partial charge in [-0.25, -0.2) is 13.1 Å². The van der Waals surface area contributed by atoms with Crippen LogP contribution >= 0.6 is 0 Å². The smallest absolute Gasteiger partial charge is 0.264 e. The number of rotatable bonds is 4. The minimum atomic E-state index is -4.04. The first-order chi connectivity index (χ1) is 13.0. The Hall–Kier alpha value is -3.06. The van der Waals surface area contributed by atoms with Crippen LogP contribution < -0.4 is 14.2 Å². The van der Waals surface area contributed by atoms with E-state index in [1.807, 2.05) is 18.2 Å². The molecule has 0 spiro atoms. The van der Waals surface area contributed by atoms with Crippen molar-refractivity contribution in [2.75, 3.05) is 13.7 Å². The standard InChI is InChI=1S/C20H17NO5S/c1-25-16-9-5-10-17-19(16)15(12-26-17)20(22)21-27(23,24)18-11-4-7-13-6-2-3-8-14(13)18/h2-11,15H,12H2,1H3,(H,21,22). The number of carbonyl (C=O) groups is 1. The second-order valence-electron chi connectivity index (χ2n) is 6.18. The average molecular weight is 383 g/mol. The van der Waals surface area contributed by atoms with Gasteiger partial charge < -0.3 is 9.47 Å². The van der Waals surface area contributed by atoms with Crippen molar-refractivity contribution in [2.24, 2.45) is 0 Å². The summed E-state index contributed by atoms with van der Waals surface area (Å²) in [5, 5.41) is 1.34. The highest BCUT2D eigenvalue weighted by Crippen LogP contribution is 2.40. The summed E-state index contributed by atoms with van der Waals surface area (Å²) in [7, 11) is -2.55. The number of methoxy groups -OCH3 is 1. The molecule has 1 aliphatic heterocycles. The maximum absolute atomic E-state index is 12.9. The number of nitrogens with one attached hydrogen (secondary N) is 1. The molecule has 0 aliphatic carbocycles. The van der Waals surface area contributed by atoms with Gasteiger partial charge in [0.1, 0.15) is 24.0 Å². The first kappa shape index (κ1) is 17.4. The molecule has 6 nitrogen and oxygen atoms in total. The summed E-state index contributed by atoms with van der Waals surface area (Å²) in [4.78, 5) is 12.8. The van der Waals surface area contributed by atoms with Crippen LogP contribution in [0, 0.1) is 0 Å². The zero-order valence-corrected chi connectivity index (χ0v) is 15.3. The predicted molar refractivity (Wildman–Crippen MR) is 101 cm³/mol. The summed E-state index contributed by atoms with van der Waals surface area (Å²) < 4.78 is 38.8. The minimum Gasteiger partial charge on any atom is -0.496 e. The molecule has 1 atom stereocenters. The minimum absolute atomic E-state index is 0.0621. The monoisotopic (exact) mass is 383 g/mol. The van der Waals surface area contributed by atoms with E-state index in [2.05, 4.69) is 4.72 Å².